The van der Waals surface area contributed by atoms with Gasteiger partial charge >= 0.3 is 0 Å². The molecule has 0 aliphatic carbocycles. The number of hydrogen-bond donors (Lipinski definition) is 6. The molecule has 3 atom stereocenters. The summed E-state index contributed by atoms with van der Waals surface area (Å²) in [6.45, 7) is 4.75. The molecular formula is C14H25N7O2S. The van der Waals surface area contributed by atoms with E-state index in [0.29, 0.717) is 18.0 Å². The number of hydrogen-bond acceptors (Lipinski definition) is 8. The van der Waals surface area contributed by atoms with Crippen LogP contribution in [0.1, 0.15) is 6.92 Å². The van der Waals surface area contributed by atoms with Gasteiger partial charge in [-0.05, 0) is 0 Å². The van der Waals surface area contributed by atoms with Crippen LogP contribution in [0, 0.1) is 0 Å². The molecular weight excluding hydrogens is 330 g/mol. The minimum absolute atomic E-state index is 0.0851. The fourth-order valence-corrected chi connectivity index (χ4v) is 4.04. The summed E-state index contributed by atoms with van der Waals surface area (Å²) in [4.78, 5) is 26.0. The summed E-state index contributed by atoms with van der Waals surface area (Å²) >= 11 is 1.57. The highest BCUT2D eigenvalue weighted by molar-refractivity contribution is 8.04. The van der Waals surface area contributed by atoms with Crippen LogP contribution in [0.5, 0.6) is 0 Å². The van der Waals surface area contributed by atoms with Gasteiger partial charge in [-0.1, -0.05) is 0 Å². The maximum Gasteiger partial charge on any atom is 0.259 e. The zero-order valence-corrected chi connectivity index (χ0v) is 14.5. The Morgan fingerprint density at radius 3 is 2.75 bits per heavy atom. The number of fused-ring (bicyclic) bond motifs is 1. The number of rotatable bonds is 5. The summed E-state index contributed by atoms with van der Waals surface area (Å²) < 4.78 is 0. The predicted molar refractivity (Wildman–Crippen MR) is 92.6 cm³/mol. The van der Waals surface area contributed by atoms with Gasteiger partial charge in [-0.2, -0.15) is 0 Å². The molecule has 6 N–H and O–H groups in total. The van der Waals surface area contributed by atoms with Crippen LogP contribution in [-0.2, 0) is 9.59 Å². The van der Waals surface area contributed by atoms with Crippen molar-refractivity contribution in [2.24, 2.45) is 0 Å². The number of carbonyl (C=O) groups excluding carboxylic acids is 2. The Kier molecular flexibility index (Phi) is 5.95. The van der Waals surface area contributed by atoms with E-state index in [1.807, 2.05) is 6.20 Å². The fraction of sp³-hybridized carbons (Fsp3) is 0.714. The van der Waals surface area contributed by atoms with E-state index in [9.17, 15) is 9.59 Å². The predicted octanol–water partition coefficient (Wildman–Crippen LogP) is -2.55. The largest absolute Gasteiger partial charge is 0.358 e. The molecule has 3 rings (SSSR count). The van der Waals surface area contributed by atoms with Crippen molar-refractivity contribution in [3.63, 3.8) is 0 Å². The van der Waals surface area contributed by atoms with E-state index in [-0.39, 0.29) is 30.2 Å². The average molecular weight is 355 g/mol. The van der Waals surface area contributed by atoms with Crippen LogP contribution in [0.2, 0.25) is 0 Å². The molecule has 24 heavy (non-hydrogen) atoms. The van der Waals surface area contributed by atoms with Crippen LogP contribution in [0.15, 0.2) is 11.1 Å². The molecule has 0 bridgehead atoms. The summed E-state index contributed by atoms with van der Waals surface area (Å²) in [7, 11) is 0. The Balaban J connectivity index is 1.56. The molecule has 2 saturated heterocycles. The van der Waals surface area contributed by atoms with Gasteiger partial charge in [0.15, 0.2) is 0 Å². The molecule has 0 aromatic carbocycles. The second kappa shape index (κ2) is 8.17. The second-order valence-corrected chi connectivity index (χ2v) is 7.07. The quantitative estimate of drug-likeness (QED) is 0.299. The Labute approximate surface area is 145 Å². The number of thioether (sulfide) groups is 1. The SMILES string of the molecule is CC(=O)NCCNC(=O)C1=CN(C2NCNC3NCNC32)CCS1. The first-order valence-corrected chi connectivity index (χ1v) is 9.20. The minimum atomic E-state index is -0.0918. The molecule has 134 valence electrons. The number of nitrogens with one attached hydrogen (secondary N) is 6. The smallest absolute Gasteiger partial charge is 0.259 e. The molecule has 2 fully saturated rings. The van der Waals surface area contributed by atoms with Crippen molar-refractivity contribution in [1.82, 2.24) is 36.8 Å². The Bertz CT molecular complexity index is 515. The third-order valence-electron chi connectivity index (χ3n) is 4.25. The third-order valence-corrected chi connectivity index (χ3v) is 5.24. The van der Waals surface area contributed by atoms with Gasteiger partial charge in [0.25, 0.3) is 5.91 Å². The topological polar surface area (TPSA) is 110 Å². The lowest BCUT2D eigenvalue weighted by molar-refractivity contribution is -0.120. The summed E-state index contributed by atoms with van der Waals surface area (Å²) in [6.07, 6.45) is 2.34. The normalized spacial score (nSPS) is 29.6. The van der Waals surface area contributed by atoms with Gasteiger partial charge in [-0.15, -0.1) is 11.8 Å². The van der Waals surface area contributed by atoms with E-state index in [1.165, 1.54) is 6.92 Å². The molecule has 3 aliphatic heterocycles. The van der Waals surface area contributed by atoms with Crippen LogP contribution >= 0.6 is 11.8 Å². The highest BCUT2D eigenvalue weighted by Crippen LogP contribution is 2.24. The Hall–Kier alpha value is -1.33. The maximum absolute atomic E-state index is 12.3. The maximum atomic E-state index is 12.3. The zero-order chi connectivity index (χ0) is 16.9. The molecule has 3 aliphatic rings. The second-order valence-electron chi connectivity index (χ2n) is 5.94. The molecule has 0 radical (unpaired) electrons. The van der Waals surface area contributed by atoms with Gasteiger partial charge in [0.2, 0.25) is 5.91 Å². The summed E-state index contributed by atoms with van der Waals surface area (Å²) in [6, 6.07) is 0.252. The van der Waals surface area contributed by atoms with Crippen molar-refractivity contribution in [2.45, 2.75) is 25.3 Å². The van der Waals surface area contributed by atoms with Gasteiger partial charge in [0.1, 0.15) is 0 Å². The molecule has 2 amide bonds. The van der Waals surface area contributed by atoms with Crippen molar-refractivity contribution in [3.05, 3.63) is 11.1 Å². The van der Waals surface area contributed by atoms with Crippen molar-refractivity contribution in [1.29, 1.82) is 0 Å². The molecule has 9 nitrogen and oxygen atoms in total. The molecule has 3 heterocycles. The first kappa shape index (κ1) is 17.5. The minimum Gasteiger partial charge on any atom is -0.358 e. The van der Waals surface area contributed by atoms with E-state index in [0.717, 1.165) is 25.6 Å². The third kappa shape index (κ3) is 4.19. The van der Waals surface area contributed by atoms with Crippen LogP contribution in [0.3, 0.4) is 0 Å². The number of carbonyl (C=O) groups is 2. The van der Waals surface area contributed by atoms with Crippen LogP contribution in [0.25, 0.3) is 0 Å². The molecule has 0 saturated carbocycles. The van der Waals surface area contributed by atoms with Gasteiger partial charge in [-0.25, -0.2) is 0 Å². The first-order valence-electron chi connectivity index (χ1n) is 8.22. The van der Waals surface area contributed by atoms with Crippen LogP contribution in [-0.4, -0.2) is 73.8 Å². The van der Waals surface area contributed by atoms with E-state index in [1.54, 1.807) is 11.8 Å². The van der Waals surface area contributed by atoms with E-state index in [2.05, 4.69) is 36.8 Å². The van der Waals surface area contributed by atoms with E-state index < -0.39 is 0 Å². The van der Waals surface area contributed by atoms with Crippen LogP contribution < -0.4 is 31.9 Å². The lowest BCUT2D eigenvalue weighted by Crippen LogP contribution is -2.68. The van der Waals surface area contributed by atoms with Crippen molar-refractivity contribution < 1.29 is 9.59 Å². The standard InChI is InChI=1S/C14H25N7O2S/c1-9(22)15-2-3-16-14(23)10-6-21(4-5-24-10)13-11-12(18-7-17-11)19-8-20-13/h6,11-13,17-20H,2-5,7-8H2,1H3,(H,15,22)(H,16,23). The van der Waals surface area contributed by atoms with E-state index in [4.69, 9.17) is 0 Å². The highest BCUT2D eigenvalue weighted by Gasteiger charge is 2.39. The molecule has 0 spiro atoms. The number of amides is 2. The highest BCUT2D eigenvalue weighted by atomic mass is 32.2. The molecule has 3 unspecified atom stereocenters. The molecule has 10 heteroatoms. The number of nitrogens with zero attached hydrogens (tertiary/aromatic N) is 1. The lowest BCUT2D eigenvalue weighted by atomic mass is 10.1. The molecule has 0 aromatic heterocycles. The van der Waals surface area contributed by atoms with Crippen molar-refractivity contribution in [2.75, 3.05) is 38.7 Å². The van der Waals surface area contributed by atoms with Crippen molar-refractivity contribution in [3.8, 4) is 0 Å². The fourth-order valence-electron chi connectivity index (χ4n) is 3.11. The summed E-state index contributed by atoms with van der Waals surface area (Å²) in [5.74, 6) is 0.699. The lowest BCUT2D eigenvalue weighted by Gasteiger charge is -2.42. The monoisotopic (exact) mass is 355 g/mol. The Morgan fingerprint density at radius 1 is 1.21 bits per heavy atom. The Morgan fingerprint density at radius 2 is 1.96 bits per heavy atom. The summed E-state index contributed by atoms with van der Waals surface area (Å²) in [5, 5.41) is 19.2. The van der Waals surface area contributed by atoms with Gasteiger partial charge in [-0.3, -0.25) is 30.9 Å². The first-order chi connectivity index (χ1) is 11.6. The van der Waals surface area contributed by atoms with Gasteiger partial charge in [0.05, 0.1) is 23.3 Å². The molecule has 0 aromatic rings. The zero-order valence-electron chi connectivity index (χ0n) is 13.7. The summed E-state index contributed by atoms with van der Waals surface area (Å²) in [5.41, 5.74) is 0. The van der Waals surface area contributed by atoms with E-state index >= 15 is 0 Å². The van der Waals surface area contributed by atoms with Gasteiger partial charge < -0.3 is 15.5 Å². The van der Waals surface area contributed by atoms with Crippen LogP contribution in [0.4, 0.5) is 0 Å². The van der Waals surface area contributed by atoms with Crippen molar-refractivity contribution >= 4 is 23.6 Å². The average Bonchev–Trinajstić information content (AvgIpc) is 3.07. The van der Waals surface area contributed by atoms with Gasteiger partial charge in [0, 0.05) is 51.8 Å².